The lowest BCUT2D eigenvalue weighted by Crippen LogP contribution is -2.37. The predicted molar refractivity (Wildman–Crippen MR) is 65.7 cm³/mol. The summed E-state index contributed by atoms with van der Waals surface area (Å²) in [5.74, 6) is 0. The summed E-state index contributed by atoms with van der Waals surface area (Å²) in [6.45, 7) is 3.05. The van der Waals surface area contributed by atoms with Crippen molar-refractivity contribution in [3.63, 3.8) is 0 Å². The van der Waals surface area contributed by atoms with Crippen molar-refractivity contribution < 1.29 is 4.74 Å². The van der Waals surface area contributed by atoms with Crippen molar-refractivity contribution in [1.82, 2.24) is 15.1 Å². The van der Waals surface area contributed by atoms with Crippen molar-refractivity contribution in [3.8, 4) is 0 Å². The third-order valence-corrected chi connectivity index (χ3v) is 4.04. The van der Waals surface area contributed by atoms with Gasteiger partial charge in [0.25, 0.3) is 0 Å². The zero-order valence-electron chi connectivity index (χ0n) is 10.6. The Hall–Kier alpha value is -0.870. The summed E-state index contributed by atoms with van der Waals surface area (Å²) in [6, 6.07) is 2.75. The van der Waals surface area contributed by atoms with Crippen LogP contribution in [0.25, 0.3) is 0 Å². The minimum absolute atomic E-state index is 0.457. The maximum atomic E-state index is 5.84. The third kappa shape index (κ3) is 2.11. The van der Waals surface area contributed by atoms with E-state index < -0.39 is 0 Å². The molecule has 0 aliphatic carbocycles. The molecule has 0 aromatic carbocycles. The van der Waals surface area contributed by atoms with E-state index in [0.717, 1.165) is 13.0 Å². The molecule has 2 saturated heterocycles. The Bertz CT molecular complexity index is 401. The largest absolute Gasteiger partial charge is 0.373 e. The van der Waals surface area contributed by atoms with Crippen LogP contribution in [0.2, 0.25) is 0 Å². The van der Waals surface area contributed by atoms with Gasteiger partial charge < -0.3 is 10.1 Å². The molecule has 94 valence electrons. The van der Waals surface area contributed by atoms with Gasteiger partial charge in [0.2, 0.25) is 0 Å². The SMILES string of the molecule is CCc1cc(CNC2CC3CCC2O3)n(C)n1. The first-order valence-electron chi connectivity index (χ1n) is 6.67. The number of hydrogen-bond acceptors (Lipinski definition) is 3. The maximum Gasteiger partial charge on any atom is 0.0733 e. The van der Waals surface area contributed by atoms with Gasteiger partial charge in [-0.1, -0.05) is 6.92 Å². The summed E-state index contributed by atoms with van der Waals surface area (Å²) in [5, 5.41) is 8.09. The van der Waals surface area contributed by atoms with Crippen molar-refractivity contribution in [2.75, 3.05) is 0 Å². The zero-order chi connectivity index (χ0) is 11.8. The first kappa shape index (κ1) is 11.2. The van der Waals surface area contributed by atoms with Crippen molar-refractivity contribution in [2.45, 2.75) is 57.4 Å². The van der Waals surface area contributed by atoms with Gasteiger partial charge in [-0.3, -0.25) is 4.68 Å². The lowest BCUT2D eigenvalue weighted by molar-refractivity contribution is 0.0972. The highest BCUT2D eigenvalue weighted by Crippen LogP contribution is 2.34. The molecule has 3 rings (SSSR count). The highest BCUT2D eigenvalue weighted by Gasteiger charge is 2.40. The van der Waals surface area contributed by atoms with E-state index in [1.54, 1.807) is 0 Å². The van der Waals surface area contributed by atoms with Crippen LogP contribution in [0.1, 0.15) is 37.6 Å². The molecule has 3 unspecified atom stereocenters. The molecule has 2 aliphatic heterocycles. The third-order valence-electron chi connectivity index (χ3n) is 4.04. The van der Waals surface area contributed by atoms with Gasteiger partial charge in [0.05, 0.1) is 23.6 Å². The van der Waals surface area contributed by atoms with Crippen molar-refractivity contribution in [2.24, 2.45) is 7.05 Å². The van der Waals surface area contributed by atoms with Crippen molar-refractivity contribution in [1.29, 1.82) is 0 Å². The molecular formula is C13H21N3O. The average molecular weight is 235 g/mol. The summed E-state index contributed by atoms with van der Waals surface area (Å²) < 4.78 is 7.83. The summed E-state index contributed by atoms with van der Waals surface area (Å²) >= 11 is 0. The number of fused-ring (bicyclic) bond motifs is 2. The van der Waals surface area contributed by atoms with E-state index in [9.17, 15) is 0 Å². The zero-order valence-corrected chi connectivity index (χ0v) is 10.6. The molecule has 3 atom stereocenters. The van der Waals surface area contributed by atoms with Gasteiger partial charge in [-0.2, -0.15) is 5.10 Å². The van der Waals surface area contributed by atoms with E-state index in [-0.39, 0.29) is 0 Å². The fraction of sp³-hybridized carbons (Fsp3) is 0.769. The number of nitrogens with one attached hydrogen (secondary N) is 1. The molecule has 2 bridgehead atoms. The van der Waals surface area contributed by atoms with Gasteiger partial charge in [0.1, 0.15) is 0 Å². The molecule has 1 N–H and O–H groups in total. The fourth-order valence-electron chi connectivity index (χ4n) is 3.00. The second-order valence-corrected chi connectivity index (χ2v) is 5.20. The number of aryl methyl sites for hydroxylation is 2. The molecule has 0 amide bonds. The first-order chi connectivity index (χ1) is 8.26. The Morgan fingerprint density at radius 1 is 1.53 bits per heavy atom. The minimum atomic E-state index is 0.457. The number of aromatic nitrogens is 2. The van der Waals surface area contributed by atoms with E-state index in [0.29, 0.717) is 18.2 Å². The molecule has 1 aromatic heterocycles. The van der Waals surface area contributed by atoms with Gasteiger partial charge >= 0.3 is 0 Å². The molecule has 0 saturated carbocycles. The highest BCUT2D eigenvalue weighted by atomic mass is 16.5. The van der Waals surface area contributed by atoms with E-state index in [1.807, 2.05) is 11.7 Å². The molecule has 4 nitrogen and oxygen atoms in total. The molecule has 4 heteroatoms. The number of rotatable bonds is 4. The molecule has 3 heterocycles. The van der Waals surface area contributed by atoms with Gasteiger partial charge in [-0.25, -0.2) is 0 Å². The second kappa shape index (κ2) is 4.42. The Morgan fingerprint density at radius 2 is 2.41 bits per heavy atom. The van der Waals surface area contributed by atoms with E-state index >= 15 is 0 Å². The summed E-state index contributed by atoms with van der Waals surface area (Å²) in [7, 11) is 2.02. The van der Waals surface area contributed by atoms with Gasteiger partial charge in [0, 0.05) is 19.6 Å². The number of ether oxygens (including phenoxy) is 1. The molecule has 1 aromatic rings. The monoisotopic (exact) mass is 235 g/mol. The molecule has 0 radical (unpaired) electrons. The number of hydrogen-bond donors (Lipinski definition) is 1. The summed E-state index contributed by atoms with van der Waals surface area (Å²) in [6.07, 6.45) is 5.66. The molecule has 0 spiro atoms. The van der Waals surface area contributed by atoms with Crippen LogP contribution in [-0.4, -0.2) is 28.0 Å². The van der Waals surface area contributed by atoms with Crippen LogP contribution in [0.4, 0.5) is 0 Å². The molecule has 17 heavy (non-hydrogen) atoms. The van der Waals surface area contributed by atoms with Crippen LogP contribution in [-0.2, 0) is 24.8 Å². The van der Waals surface area contributed by atoms with Gasteiger partial charge in [-0.05, 0) is 31.7 Å². The second-order valence-electron chi connectivity index (χ2n) is 5.20. The summed E-state index contributed by atoms with van der Waals surface area (Å²) in [4.78, 5) is 0. The van der Waals surface area contributed by atoms with E-state index in [1.165, 1.54) is 30.7 Å². The molecule has 2 aliphatic rings. The van der Waals surface area contributed by atoms with Crippen molar-refractivity contribution >= 4 is 0 Å². The Kier molecular flexibility index (Phi) is 2.92. The van der Waals surface area contributed by atoms with Crippen LogP contribution in [0.15, 0.2) is 6.07 Å². The summed E-state index contributed by atoms with van der Waals surface area (Å²) in [5.41, 5.74) is 2.44. The predicted octanol–water partition coefficient (Wildman–Crippen LogP) is 1.39. The lowest BCUT2D eigenvalue weighted by Gasteiger charge is -2.19. The Morgan fingerprint density at radius 3 is 3.00 bits per heavy atom. The van der Waals surface area contributed by atoms with Gasteiger partial charge in [-0.15, -0.1) is 0 Å². The Labute approximate surface area is 102 Å². The minimum Gasteiger partial charge on any atom is -0.373 e. The van der Waals surface area contributed by atoms with Gasteiger partial charge in [0.15, 0.2) is 0 Å². The lowest BCUT2D eigenvalue weighted by atomic mass is 9.95. The van der Waals surface area contributed by atoms with Crippen LogP contribution in [0.3, 0.4) is 0 Å². The average Bonchev–Trinajstić information content (AvgIpc) is 3.01. The smallest absolute Gasteiger partial charge is 0.0733 e. The molecular weight excluding hydrogens is 214 g/mol. The first-order valence-corrected chi connectivity index (χ1v) is 6.67. The van der Waals surface area contributed by atoms with Crippen LogP contribution < -0.4 is 5.32 Å². The van der Waals surface area contributed by atoms with Crippen molar-refractivity contribution in [3.05, 3.63) is 17.5 Å². The quantitative estimate of drug-likeness (QED) is 0.857. The topological polar surface area (TPSA) is 39.1 Å². The Balaban J connectivity index is 1.58. The highest BCUT2D eigenvalue weighted by molar-refractivity contribution is 5.10. The molecule has 2 fully saturated rings. The van der Waals surface area contributed by atoms with E-state index in [2.05, 4.69) is 23.4 Å². The standard InChI is InChI=1S/C13H21N3O/c1-3-9-6-10(16(2)15-9)8-14-12-7-11-4-5-13(12)17-11/h6,11-14H,3-5,7-8H2,1-2H3. The van der Waals surface area contributed by atoms with Crippen LogP contribution >= 0.6 is 0 Å². The number of nitrogens with zero attached hydrogens (tertiary/aromatic N) is 2. The normalized spacial score (nSPS) is 31.3. The van der Waals surface area contributed by atoms with E-state index in [4.69, 9.17) is 4.74 Å². The van der Waals surface area contributed by atoms with Crippen LogP contribution in [0.5, 0.6) is 0 Å². The van der Waals surface area contributed by atoms with Crippen LogP contribution in [0, 0.1) is 0 Å². The maximum absolute atomic E-state index is 5.84. The fourth-order valence-corrected chi connectivity index (χ4v) is 3.00.